The van der Waals surface area contributed by atoms with E-state index >= 15 is 0 Å². The molecule has 1 fully saturated rings. The zero-order valence-corrected chi connectivity index (χ0v) is 19.2. The Labute approximate surface area is 189 Å². The van der Waals surface area contributed by atoms with Crippen molar-refractivity contribution < 1.29 is 22.7 Å². The van der Waals surface area contributed by atoms with Crippen LogP contribution in [0.25, 0.3) is 0 Å². The van der Waals surface area contributed by atoms with Crippen LogP contribution < -0.4 is 15.6 Å². The zero-order valence-electron chi connectivity index (χ0n) is 18.4. The number of ether oxygens (including phenoxy) is 1. The topological polar surface area (TPSA) is 105 Å². The molecule has 8 nitrogen and oxygen atoms in total. The fraction of sp³-hybridized carbons (Fsp3) is 0.391. The fourth-order valence-electron chi connectivity index (χ4n) is 3.43. The second-order valence-electron chi connectivity index (χ2n) is 7.86. The highest BCUT2D eigenvalue weighted by Gasteiger charge is 2.26. The Kier molecular flexibility index (Phi) is 7.87. The third-order valence-corrected chi connectivity index (χ3v) is 7.19. The summed E-state index contributed by atoms with van der Waals surface area (Å²) in [7, 11) is -3.64. The lowest BCUT2D eigenvalue weighted by molar-refractivity contribution is -0.122. The molecule has 1 saturated heterocycles. The summed E-state index contributed by atoms with van der Waals surface area (Å²) in [6.45, 7) is 5.02. The second-order valence-corrected chi connectivity index (χ2v) is 9.80. The number of sulfonamides is 1. The predicted octanol–water partition coefficient (Wildman–Crippen LogP) is 2.71. The van der Waals surface area contributed by atoms with Crippen LogP contribution >= 0.6 is 0 Å². The molecule has 0 radical (unpaired) electrons. The largest absolute Gasteiger partial charge is 0.493 e. The number of carbonyl (C=O) groups is 2. The summed E-state index contributed by atoms with van der Waals surface area (Å²) >= 11 is 0. The van der Waals surface area contributed by atoms with Crippen molar-refractivity contribution in [2.24, 2.45) is 0 Å². The zero-order chi connectivity index (χ0) is 23.1. The van der Waals surface area contributed by atoms with E-state index in [4.69, 9.17) is 4.74 Å². The minimum Gasteiger partial charge on any atom is -0.493 e. The van der Waals surface area contributed by atoms with Crippen LogP contribution in [-0.2, 0) is 14.8 Å². The van der Waals surface area contributed by atoms with Crippen LogP contribution in [-0.4, -0.2) is 44.2 Å². The summed E-state index contributed by atoms with van der Waals surface area (Å²) in [6, 6.07) is 11.7. The van der Waals surface area contributed by atoms with E-state index in [0.29, 0.717) is 18.8 Å². The first kappa shape index (κ1) is 23.7. The molecule has 9 heteroatoms. The van der Waals surface area contributed by atoms with Gasteiger partial charge in [-0.05, 0) is 62.1 Å². The van der Waals surface area contributed by atoms with Crippen molar-refractivity contribution in [2.75, 3.05) is 19.7 Å². The molecule has 0 bridgehead atoms. The maximum Gasteiger partial charge on any atom is 0.269 e. The molecule has 0 spiro atoms. The third kappa shape index (κ3) is 6.08. The van der Waals surface area contributed by atoms with E-state index in [0.717, 1.165) is 30.4 Å². The number of nitrogens with zero attached hydrogens (tertiary/aromatic N) is 1. The molecule has 1 heterocycles. The van der Waals surface area contributed by atoms with Crippen LogP contribution in [0, 0.1) is 13.8 Å². The highest BCUT2D eigenvalue weighted by molar-refractivity contribution is 7.89. The van der Waals surface area contributed by atoms with Gasteiger partial charge in [0.15, 0.2) is 0 Å². The Morgan fingerprint density at radius 2 is 1.75 bits per heavy atom. The van der Waals surface area contributed by atoms with E-state index in [2.05, 4.69) is 10.9 Å². The number of hydrazine groups is 1. The minimum atomic E-state index is -3.64. The van der Waals surface area contributed by atoms with Crippen molar-refractivity contribution in [3.8, 4) is 5.75 Å². The summed E-state index contributed by atoms with van der Waals surface area (Å²) in [5.74, 6) is -0.293. The van der Waals surface area contributed by atoms with Crippen LogP contribution in [0.15, 0.2) is 47.4 Å². The van der Waals surface area contributed by atoms with Gasteiger partial charge < -0.3 is 4.74 Å². The Hall–Kier alpha value is -2.91. The number of amides is 2. The molecule has 0 aliphatic carbocycles. The van der Waals surface area contributed by atoms with Crippen LogP contribution in [0.2, 0.25) is 0 Å². The van der Waals surface area contributed by atoms with E-state index < -0.39 is 21.8 Å². The van der Waals surface area contributed by atoms with Crippen LogP contribution in [0.5, 0.6) is 5.75 Å². The number of nitrogens with one attached hydrogen (secondary N) is 2. The van der Waals surface area contributed by atoms with Crippen LogP contribution in [0.4, 0.5) is 0 Å². The van der Waals surface area contributed by atoms with Gasteiger partial charge in [0.2, 0.25) is 15.9 Å². The number of hydrogen-bond donors (Lipinski definition) is 2. The average molecular weight is 460 g/mol. The molecule has 2 amide bonds. The number of piperidine rings is 1. The molecule has 0 saturated carbocycles. The average Bonchev–Trinajstić information content (AvgIpc) is 2.80. The summed E-state index contributed by atoms with van der Waals surface area (Å²) < 4.78 is 32.7. The molecule has 2 aromatic carbocycles. The number of rotatable bonds is 7. The predicted molar refractivity (Wildman–Crippen MR) is 121 cm³/mol. The molecule has 2 aromatic rings. The molecular weight excluding hydrogens is 430 g/mol. The van der Waals surface area contributed by atoms with Gasteiger partial charge in [-0.2, -0.15) is 4.31 Å². The van der Waals surface area contributed by atoms with Crippen molar-refractivity contribution in [2.45, 2.75) is 44.4 Å². The number of hydrogen-bond acceptors (Lipinski definition) is 5. The monoisotopic (exact) mass is 459 g/mol. The highest BCUT2D eigenvalue weighted by atomic mass is 32.2. The van der Waals surface area contributed by atoms with E-state index in [1.807, 2.05) is 32.0 Å². The standard InChI is InChI=1S/C23H29N3O5S/c1-17-9-10-18(2)21(15-17)31-14-11-22(27)24-25-23(28)19-7-6-8-20(16-19)32(29,30)26-12-4-3-5-13-26/h6-10,15-16H,3-5,11-14H2,1-2H3,(H,24,27)(H,25,28). The molecule has 0 aromatic heterocycles. The van der Waals surface area contributed by atoms with Crippen LogP contribution in [0.1, 0.15) is 47.2 Å². The quantitative estimate of drug-likeness (QED) is 0.620. The van der Waals surface area contributed by atoms with Gasteiger partial charge in [-0.15, -0.1) is 0 Å². The molecule has 172 valence electrons. The first-order chi connectivity index (χ1) is 15.3. The third-order valence-electron chi connectivity index (χ3n) is 5.29. The van der Waals surface area contributed by atoms with Gasteiger partial charge in [0.1, 0.15) is 5.75 Å². The van der Waals surface area contributed by atoms with E-state index in [1.54, 1.807) is 0 Å². The van der Waals surface area contributed by atoms with Gasteiger partial charge in [-0.25, -0.2) is 8.42 Å². The Morgan fingerprint density at radius 1 is 1.00 bits per heavy atom. The minimum absolute atomic E-state index is 0.0526. The van der Waals surface area contributed by atoms with Crippen molar-refractivity contribution in [1.82, 2.24) is 15.2 Å². The SMILES string of the molecule is Cc1ccc(C)c(OCCC(=O)NNC(=O)c2cccc(S(=O)(=O)N3CCCCC3)c2)c1. The summed E-state index contributed by atoms with van der Waals surface area (Å²) in [5.41, 5.74) is 6.85. The second kappa shape index (κ2) is 10.6. The van der Waals surface area contributed by atoms with Gasteiger partial charge in [0.05, 0.1) is 17.9 Å². The first-order valence-corrected chi connectivity index (χ1v) is 12.1. The van der Waals surface area contributed by atoms with Crippen LogP contribution in [0.3, 0.4) is 0 Å². The van der Waals surface area contributed by atoms with Crippen molar-refractivity contribution >= 4 is 21.8 Å². The molecule has 2 N–H and O–H groups in total. The lowest BCUT2D eigenvalue weighted by Crippen LogP contribution is -2.42. The maximum absolute atomic E-state index is 12.8. The summed E-state index contributed by atoms with van der Waals surface area (Å²) in [5, 5.41) is 0. The van der Waals surface area contributed by atoms with Gasteiger partial charge >= 0.3 is 0 Å². The number of aryl methyl sites for hydroxylation is 2. The summed E-state index contributed by atoms with van der Waals surface area (Å²) in [6.07, 6.45) is 2.73. The Balaban J connectivity index is 1.52. The normalized spacial score (nSPS) is 14.6. The van der Waals surface area contributed by atoms with Crippen molar-refractivity contribution in [3.05, 3.63) is 59.2 Å². The van der Waals surface area contributed by atoms with Crippen molar-refractivity contribution in [3.63, 3.8) is 0 Å². The van der Waals surface area contributed by atoms with Gasteiger partial charge in [-0.1, -0.05) is 24.6 Å². The Bertz CT molecular complexity index is 1080. The van der Waals surface area contributed by atoms with E-state index in [-0.39, 0.29) is 23.5 Å². The molecular formula is C23H29N3O5S. The van der Waals surface area contributed by atoms with Gasteiger partial charge in [0, 0.05) is 18.7 Å². The molecule has 0 unspecified atom stereocenters. The lowest BCUT2D eigenvalue weighted by Gasteiger charge is -2.26. The smallest absolute Gasteiger partial charge is 0.269 e. The van der Waals surface area contributed by atoms with Gasteiger partial charge in [0.25, 0.3) is 5.91 Å². The number of benzene rings is 2. The van der Waals surface area contributed by atoms with Crippen molar-refractivity contribution in [1.29, 1.82) is 0 Å². The Morgan fingerprint density at radius 3 is 2.50 bits per heavy atom. The van der Waals surface area contributed by atoms with Gasteiger partial charge in [-0.3, -0.25) is 20.4 Å². The molecule has 1 aliphatic heterocycles. The molecule has 0 atom stereocenters. The lowest BCUT2D eigenvalue weighted by atomic mass is 10.1. The fourth-order valence-corrected chi connectivity index (χ4v) is 4.99. The highest BCUT2D eigenvalue weighted by Crippen LogP contribution is 2.21. The number of carbonyl (C=O) groups excluding carboxylic acids is 2. The molecule has 32 heavy (non-hydrogen) atoms. The van der Waals surface area contributed by atoms with E-state index in [1.165, 1.54) is 28.6 Å². The molecule has 1 aliphatic rings. The molecule has 3 rings (SSSR count). The maximum atomic E-state index is 12.8. The first-order valence-electron chi connectivity index (χ1n) is 10.7. The summed E-state index contributed by atoms with van der Waals surface area (Å²) in [4.78, 5) is 24.5. The van der Waals surface area contributed by atoms with E-state index in [9.17, 15) is 18.0 Å².